The molecule has 14 heteroatoms. The smallest absolute Gasteiger partial charge is 0.245 e. The number of hydrogen-bond acceptors (Lipinski definition) is 12. The summed E-state index contributed by atoms with van der Waals surface area (Å²) in [5.41, 5.74) is 2.29. The van der Waals surface area contributed by atoms with Gasteiger partial charge in [-0.25, -0.2) is 23.4 Å². The molecule has 4 rings (SSSR count). The predicted octanol–water partition coefficient (Wildman–Crippen LogP) is 2.23. The molecular formula is C24H28N8O5S. The van der Waals surface area contributed by atoms with Crippen LogP contribution in [-0.4, -0.2) is 74.7 Å². The van der Waals surface area contributed by atoms with Crippen molar-refractivity contribution >= 4 is 9.84 Å². The second-order valence-corrected chi connectivity index (χ2v) is 10.8. The molecule has 0 amide bonds. The summed E-state index contributed by atoms with van der Waals surface area (Å²) in [4.78, 5) is 21.4. The Morgan fingerprint density at radius 2 is 1.61 bits per heavy atom. The standard InChI is InChI=1S/C24H28N8O5S/c1-14-10-25-21(26-11-14)20(35-4)16(3)38(33,34)12-18-30-31-22(17-9-7-8-15(2)29-17)32(18)19-23(36-5)27-13-28-24(19)37-6/h7-11,13,16,20H,12H2,1-6H3/t16-,20-/m0/s1. The molecule has 0 saturated heterocycles. The Balaban J connectivity index is 1.84. The Bertz CT molecular complexity index is 1500. The molecular weight excluding hydrogens is 512 g/mol. The largest absolute Gasteiger partial charge is 0.479 e. The number of aromatic nitrogens is 8. The fourth-order valence-electron chi connectivity index (χ4n) is 3.87. The minimum absolute atomic E-state index is 0.0845. The number of sulfone groups is 1. The number of ether oxygens (including phenoxy) is 3. The molecule has 0 aliphatic rings. The lowest BCUT2D eigenvalue weighted by atomic mass is 10.2. The van der Waals surface area contributed by atoms with Crippen LogP contribution >= 0.6 is 0 Å². The van der Waals surface area contributed by atoms with Gasteiger partial charge < -0.3 is 14.2 Å². The second-order valence-electron chi connectivity index (χ2n) is 8.47. The molecule has 0 aromatic carbocycles. The Morgan fingerprint density at radius 1 is 0.947 bits per heavy atom. The van der Waals surface area contributed by atoms with Crippen LogP contribution in [0.3, 0.4) is 0 Å². The summed E-state index contributed by atoms with van der Waals surface area (Å²) in [5, 5.41) is 7.52. The van der Waals surface area contributed by atoms with Gasteiger partial charge in [-0.1, -0.05) is 6.07 Å². The molecule has 4 aromatic heterocycles. The van der Waals surface area contributed by atoms with E-state index >= 15 is 0 Å². The highest BCUT2D eigenvalue weighted by Gasteiger charge is 2.35. The third-order valence-electron chi connectivity index (χ3n) is 5.85. The number of methoxy groups -OCH3 is 3. The van der Waals surface area contributed by atoms with Crippen LogP contribution in [0.25, 0.3) is 17.2 Å². The highest BCUT2D eigenvalue weighted by Crippen LogP contribution is 2.34. The molecule has 0 spiro atoms. The molecule has 4 aromatic rings. The zero-order chi connectivity index (χ0) is 27.4. The van der Waals surface area contributed by atoms with Crippen LogP contribution in [0.1, 0.15) is 35.9 Å². The Morgan fingerprint density at radius 3 is 2.18 bits per heavy atom. The lowest BCUT2D eigenvalue weighted by molar-refractivity contribution is 0.0947. The SMILES string of the molecule is COc1ncnc(OC)c1-n1c(CS(=O)(=O)[C@@H](C)[C@H](OC)c2ncc(C)cn2)nnc1-c1cccc(C)n1. The maximum Gasteiger partial charge on any atom is 0.245 e. The Labute approximate surface area is 220 Å². The number of pyridine rings is 1. The fraction of sp³-hybridized carbons (Fsp3) is 0.375. The molecule has 0 aliphatic heterocycles. The molecule has 0 bridgehead atoms. The van der Waals surface area contributed by atoms with Crippen LogP contribution in [0.2, 0.25) is 0 Å². The van der Waals surface area contributed by atoms with Gasteiger partial charge in [-0.3, -0.25) is 4.57 Å². The maximum atomic E-state index is 13.7. The van der Waals surface area contributed by atoms with Gasteiger partial charge in [0.05, 0.1) is 19.5 Å². The molecule has 0 aliphatic carbocycles. The van der Waals surface area contributed by atoms with E-state index in [9.17, 15) is 8.42 Å². The minimum Gasteiger partial charge on any atom is -0.479 e. The first-order valence-corrected chi connectivity index (χ1v) is 13.3. The number of hydrogen-bond donors (Lipinski definition) is 0. The van der Waals surface area contributed by atoms with E-state index in [1.54, 1.807) is 25.4 Å². The molecule has 0 N–H and O–H groups in total. The van der Waals surface area contributed by atoms with Crippen molar-refractivity contribution in [3.8, 4) is 29.0 Å². The molecule has 4 heterocycles. The monoisotopic (exact) mass is 540 g/mol. The van der Waals surface area contributed by atoms with E-state index in [0.29, 0.717) is 5.69 Å². The van der Waals surface area contributed by atoms with Crippen molar-refractivity contribution in [3.63, 3.8) is 0 Å². The van der Waals surface area contributed by atoms with Gasteiger partial charge in [0.25, 0.3) is 0 Å². The Hall–Kier alpha value is -4.04. The molecule has 0 unspecified atom stereocenters. The molecule has 0 radical (unpaired) electrons. The average molecular weight is 541 g/mol. The average Bonchev–Trinajstić information content (AvgIpc) is 3.31. The maximum absolute atomic E-state index is 13.7. The molecule has 200 valence electrons. The quantitative estimate of drug-likeness (QED) is 0.289. The predicted molar refractivity (Wildman–Crippen MR) is 137 cm³/mol. The van der Waals surface area contributed by atoms with Crippen molar-refractivity contribution in [2.24, 2.45) is 0 Å². The summed E-state index contributed by atoms with van der Waals surface area (Å²) < 4.78 is 45.4. The second kappa shape index (κ2) is 11.1. The third-order valence-corrected chi connectivity index (χ3v) is 7.89. The number of nitrogens with zero attached hydrogens (tertiary/aromatic N) is 8. The van der Waals surface area contributed by atoms with Crippen LogP contribution < -0.4 is 9.47 Å². The summed E-state index contributed by atoms with van der Waals surface area (Å²) in [7, 11) is 0.385. The number of rotatable bonds is 10. The van der Waals surface area contributed by atoms with Crippen molar-refractivity contribution in [2.75, 3.05) is 21.3 Å². The van der Waals surface area contributed by atoms with Gasteiger partial charge in [0.2, 0.25) is 11.8 Å². The van der Waals surface area contributed by atoms with Crippen LogP contribution in [0.5, 0.6) is 11.8 Å². The normalized spacial score (nSPS) is 13.2. The zero-order valence-electron chi connectivity index (χ0n) is 21.9. The summed E-state index contributed by atoms with van der Waals surface area (Å²) in [6, 6.07) is 5.39. The van der Waals surface area contributed by atoms with Gasteiger partial charge in [-0.15, -0.1) is 10.2 Å². The van der Waals surface area contributed by atoms with Crippen molar-refractivity contribution < 1.29 is 22.6 Å². The van der Waals surface area contributed by atoms with E-state index in [2.05, 4.69) is 35.1 Å². The van der Waals surface area contributed by atoms with Crippen LogP contribution in [0, 0.1) is 13.8 Å². The third kappa shape index (κ3) is 5.31. The van der Waals surface area contributed by atoms with Crippen molar-refractivity contribution in [1.29, 1.82) is 0 Å². The van der Waals surface area contributed by atoms with Crippen LogP contribution in [-0.2, 0) is 20.3 Å². The van der Waals surface area contributed by atoms with Crippen molar-refractivity contribution in [3.05, 3.63) is 59.8 Å². The van der Waals surface area contributed by atoms with E-state index < -0.39 is 26.9 Å². The van der Waals surface area contributed by atoms with Crippen LogP contribution in [0.15, 0.2) is 36.9 Å². The van der Waals surface area contributed by atoms with E-state index in [1.165, 1.54) is 32.2 Å². The fourth-order valence-corrected chi connectivity index (χ4v) is 5.29. The first-order chi connectivity index (χ1) is 18.2. The van der Waals surface area contributed by atoms with E-state index in [0.717, 1.165) is 11.3 Å². The number of aryl methyl sites for hydroxylation is 2. The van der Waals surface area contributed by atoms with Gasteiger partial charge in [0, 0.05) is 25.2 Å². The molecule has 0 fully saturated rings. The molecule has 0 saturated carbocycles. The molecule has 38 heavy (non-hydrogen) atoms. The lowest BCUT2D eigenvalue weighted by Crippen LogP contribution is -2.30. The first-order valence-electron chi connectivity index (χ1n) is 11.5. The molecule has 2 atom stereocenters. The minimum atomic E-state index is -3.90. The van der Waals surface area contributed by atoms with Gasteiger partial charge >= 0.3 is 0 Å². The van der Waals surface area contributed by atoms with Gasteiger partial charge in [-0.05, 0) is 38.5 Å². The first kappa shape index (κ1) is 27.0. The summed E-state index contributed by atoms with van der Waals surface area (Å²) in [5.74, 6) is 0.393. The summed E-state index contributed by atoms with van der Waals surface area (Å²) in [6.07, 6.45) is 3.59. The Kier molecular flexibility index (Phi) is 7.92. The van der Waals surface area contributed by atoms with Gasteiger partial charge in [0.1, 0.15) is 23.9 Å². The molecule has 13 nitrogen and oxygen atoms in total. The lowest BCUT2D eigenvalue weighted by Gasteiger charge is -2.22. The van der Waals surface area contributed by atoms with Crippen molar-refractivity contribution in [1.82, 2.24) is 39.7 Å². The van der Waals surface area contributed by atoms with Crippen molar-refractivity contribution in [2.45, 2.75) is 37.9 Å². The highest BCUT2D eigenvalue weighted by atomic mass is 32.2. The van der Waals surface area contributed by atoms with Gasteiger partial charge in [-0.2, -0.15) is 9.97 Å². The highest BCUT2D eigenvalue weighted by molar-refractivity contribution is 7.91. The van der Waals surface area contributed by atoms with E-state index in [1.807, 2.05) is 26.0 Å². The van der Waals surface area contributed by atoms with Crippen LogP contribution in [0.4, 0.5) is 0 Å². The summed E-state index contributed by atoms with van der Waals surface area (Å²) in [6.45, 7) is 5.22. The van der Waals surface area contributed by atoms with E-state index in [4.69, 9.17) is 14.2 Å². The van der Waals surface area contributed by atoms with E-state index in [-0.39, 0.29) is 34.9 Å². The zero-order valence-corrected chi connectivity index (χ0v) is 22.7. The summed E-state index contributed by atoms with van der Waals surface area (Å²) >= 11 is 0. The van der Waals surface area contributed by atoms with Gasteiger partial charge in [0.15, 0.2) is 33.0 Å². The topological polar surface area (TPSA) is 157 Å².